The van der Waals surface area contributed by atoms with Crippen molar-refractivity contribution >= 4 is 17.9 Å². The smallest absolute Gasteiger partial charge is 0.259 e. The van der Waals surface area contributed by atoms with Gasteiger partial charge in [0.15, 0.2) is 6.61 Å². The Morgan fingerprint density at radius 1 is 1.25 bits per heavy atom. The van der Waals surface area contributed by atoms with E-state index in [1.54, 1.807) is 30.3 Å². The van der Waals surface area contributed by atoms with Gasteiger partial charge in [-0.1, -0.05) is 31.4 Å². The molecule has 1 aromatic carbocycles. The average molecular weight is 327 g/mol. The van der Waals surface area contributed by atoms with E-state index in [1.807, 2.05) is 0 Å². The molecule has 6 heteroatoms. The van der Waals surface area contributed by atoms with Gasteiger partial charge in [-0.05, 0) is 36.6 Å². The Hall–Kier alpha value is -2.81. The molecule has 0 bridgehead atoms. The van der Waals surface area contributed by atoms with Crippen molar-refractivity contribution in [3.63, 3.8) is 0 Å². The summed E-state index contributed by atoms with van der Waals surface area (Å²) in [6.45, 7) is -0.0313. The normalized spacial score (nSPS) is 15.4. The fraction of sp³-hybridized carbons (Fsp3) is 0.389. The molecule has 0 saturated heterocycles. The van der Waals surface area contributed by atoms with Crippen molar-refractivity contribution in [2.75, 3.05) is 6.61 Å². The number of nitrogens with one attached hydrogen (secondary N) is 1. The molecular formula is C18H21N3O3. The summed E-state index contributed by atoms with van der Waals surface area (Å²) < 4.78 is 5.45. The van der Waals surface area contributed by atoms with Crippen LogP contribution in [0.5, 0.6) is 5.75 Å². The molecule has 1 aliphatic carbocycles. The van der Waals surface area contributed by atoms with Crippen molar-refractivity contribution in [3.8, 4) is 11.8 Å². The molecule has 0 aromatic heterocycles. The number of nitriles is 1. The summed E-state index contributed by atoms with van der Waals surface area (Å²) in [6, 6.07) is 8.74. The van der Waals surface area contributed by atoms with Crippen LogP contribution in [0.1, 0.15) is 37.7 Å². The first-order valence-electron chi connectivity index (χ1n) is 8.02. The summed E-state index contributed by atoms with van der Waals surface area (Å²) in [5.74, 6) is -0.341. The second-order valence-electron chi connectivity index (χ2n) is 5.79. The first-order chi connectivity index (χ1) is 11.6. The molecule has 0 unspecified atom stereocenters. The predicted molar refractivity (Wildman–Crippen MR) is 89.7 cm³/mol. The average Bonchev–Trinajstić information content (AvgIpc) is 2.59. The largest absolute Gasteiger partial charge is 0.484 e. The lowest BCUT2D eigenvalue weighted by Crippen LogP contribution is -2.38. The number of carbonyl (C=O) groups is 2. The number of carbonyl (C=O) groups excluding carboxylic acids is 2. The minimum absolute atomic E-state index is 0.0313. The second-order valence-corrected chi connectivity index (χ2v) is 5.79. The molecule has 0 heterocycles. The molecule has 0 atom stereocenters. The van der Waals surface area contributed by atoms with E-state index in [-0.39, 0.29) is 24.1 Å². The topological polar surface area (TPSA) is 105 Å². The van der Waals surface area contributed by atoms with Gasteiger partial charge in [0.2, 0.25) is 0 Å². The SMILES string of the molecule is N#CC(=Cc1ccc(OCC(=O)NC2CCCCC2)cc1)C(N)=O. The number of primary amides is 1. The molecule has 3 N–H and O–H groups in total. The van der Waals surface area contributed by atoms with Crippen LogP contribution in [0.25, 0.3) is 6.08 Å². The molecule has 2 rings (SSSR count). The molecule has 6 nitrogen and oxygen atoms in total. The number of nitrogens with zero attached hydrogens (tertiary/aromatic N) is 1. The maximum absolute atomic E-state index is 11.9. The molecule has 24 heavy (non-hydrogen) atoms. The summed E-state index contributed by atoms with van der Waals surface area (Å²) in [6.07, 6.45) is 7.05. The Labute approximate surface area is 141 Å². The summed E-state index contributed by atoms with van der Waals surface area (Å²) in [5, 5.41) is 11.8. The van der Waals surface area contributed by atoms with E-state index in [4.69, 9.17) is 15.7 Å². The van der Waals surface area contributed by atoms with Crippen molar-refractivity contribution in [2.45, 2.75) is 38.1 Å². The van der Waals surface area contributed by atoms with Crippen LogP contribution in [-0.2, 0) is 9.59 Å². The molecule has 2 amide bonds. The quantitative estimate of drug-likeness (QED) is 0.615. The Morgan fingerprint density at radius 3 is 2.50 bits per heavy atom. The number of amides is 2. The number of nitrogens with two attached hydrogens (primary N) is 1. The molecular weight excluding hydrogens is 306 g/mol. The van der Waals surface area contributed by atoms with Crippen molar-refractivity contribution in [1.82, 2.24) is 5.32 Å². The van der Waals surface area contributed by atoms with Gasteiger partial charge >= 0.3 is 0 Å². The molecule has 0 spiro atoms. The van der Waals surface area contributed by atoms with Crippen LogP contribution >= 0.6 is 0 Å². The summed E-state index contributed by atoms with van der Waals surface area (Å²) in [5.41, 5.74) is 5.63. The van der Waals surface area contributed by atoms with Crippen LogP contribution in [0.15, 0.2) is 29.8 Å². The molecule has 1 fully saturated rings. The van der Waals surface area contributed by atoms with Crippen LogP contribution in [0.3, 0.4) is 0 Å². The monoisotopic (exact) mass is 327 g/mol. The Morgan fingerprint density at radius 2 is 1.92 bits per heavy atom. The lowest BCUT2D eigenvalue weighted by Gasteiger charge is -2.22. The zero-order chi connectivity index (χ0) is 17.4. The predicted octanol–water partition coefficient (Wildman–Crippen LogP) is 1.91. The zero-order valence-corrected chi connectivity index (χ0v) is 13.5. The third-order valence-corrected chi connectivity index (χ3v) is 3.92. The number of benzene rings is 1. The number of ether oxygens (including phenoxy) is 1. The number of rotatable bonds is 6. The molecule has 0 aliphatic heterocycles. The van der Waals surface area contributed by atoms with E-state index in [0.717, 1.165) is 25.7 Å². The Bertz CT molecular complexity index is 653. The van der Waals surface area contributed by atoms with Gasteiger partial charge in [0.1, 0.15) is 17.4 Å². The van der Waals surface area contributed by atoms with Gasteiger partial charge in [-0.15, -0.1) is 0 Å². The van der Waals surface area contributed by atoms with Crippen molar-refractivity contribution < 1.29 is 14.3 Å². The van der Waals surface area contributed by atoms with Gasteiger partial charge in [0.25, 0.3) is 11.8 Å². The van der Waals surface area contributed by atoms with E-state index in [2.05, 4.69) is 5.32 Å². The third-order valence-electron chi connectivity index (χ3n) is 3.92. The van der Waals surface area contributed by atoms with E-state index >= 15 is 0 Å². The Balaban J connectivity index is 1.84. The van der Waals surface area contributed by atoms with E-state index < -0.39 is 5.91 Å². The van der Waals surface area contributed by atoms with Crippen LogP contribution in [0.4, 0.5) is 0 Å². The standard InChI is InChI=1S/C18H21N3O3/c19-11-14(18(20)23)10-13-6-8-16(9-7-13)24-12-17(22)21-15-4-2-1-3-5-15/h6-10,15H,1-5,12H2,(H2,20,23)(H,21,22). The van der Waals surface area contributed by atoms with Gasteiger partial charge in [-0.2, -0.15) is 5.26 Å². The van der Waals surface area contributed by atoms with E-state index in [1.165, 1.54) is 12.5 Å². The van der Waals surface area contributed by atoms with Crippen molar-refractivity contribution in [2.24, 2.45) is 5.73 Å². The zero-order valence-electron chi connectivity index (χ0n) is 13.5. The second kappa shape index (κ2) is 8.73. The lowest BCUT2D eigenvalue weighted by molar-refractivity contribution is -0.124. The highest BCUT2D eigenvalue weighted by molar-refractivity contribution is 6.00. The van der Waals surface area contributed by atoms with Gasteiger partial charge in [-0.25, -0.2) is 0 Å². The van der Waals surface area contributed by atoms with Crippen LogP contribution in [-0.4, -0.2) is 24.5 Å². The van der Waals surface area contributed by atoms with Crippen LogP contribution in [0, 0.1) is 11.3 Å². The first-order valence-corrected chi connectivity index (χ1v) is 8.02. The van der Waals surface area contributed by atoms with Crippen molar-refractivity contribution in [1.29, 1.82) is 5.26 Å². The van der Waals surface area contributed by atoms with Crippen LogP contribution < -0.4 is 15.8 Å². The minimum atomic E-state index is -0.766. The summed E-state index contributed by atoms with van der Waals surface area (Å²) in [4.78, 5) is 22.9. The van der Waals surface area contributed by atoms with E-state index in [9.17, 15) is 9.59 Å². The van der Waals surface area contributed by atoms with Gasteiger partial charge in [-0.3, -0.25) is 9.59 Å². The van der Waals surface area contributed by atoms with Gasteiger partial charge in [0, 0.05) is 6.04 Å². The van der Waals surface area contributed by atoms with Crippen molar-refractivity contribution in [3.05, 3.63) is 35.4 Å². The summed E-state index contributed by atoms with van der Waals surface area (Å²) in [7, 11) is 0. The fourth-order valence-corrected chi connectivity index (χ4v) is 2.65. The highest BCUT2D eigenvalue weighted by atomic mass is 16.5. The fourth-order valence-electron chi connectivity index (χ4n) is 2.65. The molecule has 1 saturated carbocycles. The lowest BCUT2D eigenvalue weighted by atomic mass is 9.95. The minimum Gasteiger partial charge on any atom is -0.484 e. The highest BCUT2D eigenvalue weighted by Gasteiger charge is 2.15. The first kappa shape index (κ1) is 17.5. The maximum atomic E-state index is 11.9. The molecule has 1 aromatic rings. The third kappa shape index (κ3) is 5.43. The summed E-state index contributed by atoms with van der Waals surface area (Å²) >= 11 is 0. The van der Waals surface area contributed by atoms with E-state index in [0.29, 0.717) is 11.3 Å². The van der Waals surface area contributed by atoms with Crippen LogP contribution in [0.2, 0.25) is 0 Å². The highest BCUT2D eigenvalue weighted by Crippen LogP contribution is 2.17. The molecule has 0 radical (unpaired) electrons. The number of hydrogen-bond donors (Lipinski definition) is 2. The van der Waals surface area contributed by atoms with Gasteiger partial charge < -0.3 is 15.8 Å². The molecule has 1 aliphatic rings. The molecule has 126 valence electrons. The van der Waals surface area contributed by atoms with Gasteiger partial charge in [0.05, 0.1) is 0 Å². The Kier molecular flexibility index (Phi) is 6.38. The maximum Gasteiger partial charge on any atom is 0.259 e. The number of hydrogen-bond acceptors (Lipinski definition) is 4.